The third-order valence-electron chi connectivity index (χ3n) is 0.955. The van der Waals surface area contributed by atoms with Gasteiger partial charge in [-0.15, -0.1) is 12.4 Å². The Balaban J connectivity index is 0.000000490. The Labute approximate surface area is 53.6 Å². The van der Waals surface area contributed by atoms with Crippen molar-refractivity contribution in [1.82, 2.24) is 0 Å². The summed E-state index contributed by atoms with van der Waals surface area (Å²) in [6, 6.07) is -0.347. The normalized spacial score (nSPS) is 27.6. The molecule has 0 aromatic carbocycles. The van der Waals surface area contributed by atoms with Crippen molar-refractivity contribution in [1.29, 1.82) is 0 Å². The molecule has 3 nitrogen and oxygen atoms in total. The van der Waals surface area contributed by atoms with Crippen molar-refractivity contribution in [2.75, 3.05) is 13.2 Å². The first-order chi connectivity index (χ1) is 3.30. The van der Waals surface area contributed by atoms with E-state index in [0.717, 1.165) is 0 Å². The molecule has 0 radical (unpaired) electrons. The summed E-state index contributed by atoms with van der Waals surface area (Å²) in [5.74, 6) is 0.0139. The summed E-state index contributed by atoms with van der Waals surface area (Å²) in [4.78, 5) is 10.3. The van der Waals surface area contributed by atoms with Gasteiger partial charge in [-0.05, 0) is 0 Å². The average molecular weight is 138 g/mol. The molecular formula is C4H8ClNO2. The molecule has 48 valence electrons. The number of ketones is 1. The minimum Gasteiger partial charge on any atom is -0.372 e. The molecule has 1 heterocycles. The van der Waals surface area contributed by atoms with Gasteiger partial charge in [-0.3, -0.25) is 4.79 Å². The highest BCUT2D eigenvalue weighted by atomic mass is 35.5. The molecule has 1 unspecified atom stereocenters. The molecule has 8 heavy (non-hydrogen) atoms. The molecule has 0 bridgehead atoms. The Morgan fingerprint density at radius 1 is 1.75 bits per heavy atom. The molecule has 0 saturated carbocycles. The van der Waals surface area contributed by atoms with Crippen LogP contribution in [0.3, 0.4) is 0 Å². The Morgan fingerprint density at radius 3 is 2.50 bits per heavy atom. The first-order valence-corrected chi connectivity index (χ1v) is 2.17. The lowest BCUT2D eigenvalue weighted by Gasteiger charge is -1.89. The second-order valence-electron chi connectivity index (χ2n) is 1.59. The summed E-state index contributed by atoms with van der Waals surface area (Å²) in [7, 11) is 0. The summed E-state index contributed by atoms with van der Waals surface area (Å²) in [5, 5.41) is 0. The van der Waals surface area contributed by atoms with E-state index in [4.69, 9.17) is 10.5 Å². The second kappa shape index (κ2) is 3.02. The Kier molecular flexibility index (Phi) is 2.97. The maximum Gasteiger partial charge on any atom is 0.177 e. The van der Waals surface area contributed by atoms with Gasteiger partial charge in [-0.2, -0.15) is 0 Å². The van der Waals surface area contributed by atoms with Gasteiger partial charge in [0.05, 0.1) is 12.6 Å². The van der Waals surface area contributed by atoms with E-state index in [1.165, 1.54) is 0 Å². The lowest BCUT2D eigenvalue weighted by Crippen LogP contribution is -2.27. The highest BCUT2D eigenvalue weighted by Crippen LogP contribution is 1.93. The van der Waals surface area contributed by atoms with Gasteiger partial charge in [0.2, 0.25) is 0 Å². The number of rotatable bonds is 0. The molecule has 1 atom stereocenters. The monoisotopic (exact) mass is 137 g/mol. The Bertz CT molecular complexity index is 96.0. The molecular weight excluding hydrogens is 130 g/mol. The minimum atomic E-state index is -0.347. The van der Waals surface area contributed by atoms with Crippen LogP contribution in [0.15, 0.2) is 0 Å². The van der Waals surface area contributed by atoms with Crippen LogP contribution in [-0.4, -0.2) is 25.0 Å². The molecule has 0 spiro atoms. The lowest BCUT2D eigenvalue weighted by atomic mass is 10.3. The maximum atomic E-state index is 10.3. The van der Waals surface area contributed by atoms with E-state index < -0.39 is 0 Å². The number of Topliss-reactive ketones (excluding diaryl/α,β-unsaturated/α-hetero) is 1. The number of nitrogens with two attached hydrogens (primary N) is 1. The van der Waals surface area contributed by atoms with Gasteiger partial charge < -0.3 is 10.5 Å². The molecule has 1 fully saturated rings. The molecule has 2 N–H and O–H groups in total. The van der Waals surface area contributed by atoms with Gasteiger partial charge in [-0.1, -0.05) is 0 Å². The molecule has 0 aliphatic carbocycles. The van der Waals surface area contributed by atoms with E-state index in [0.29, 0.717) is 6.61 Å². The largest absolute Gasteiger partial charge is 0.372 e. The van der Waals surface area contributed by atoms with Gasteiger partial charge in [-0.25, -0.2) is 0 Å². The molecule has 0 aromatic rings. The number of halogens is 1. The molecule has 1 saturated heterocycles. The smallest absolute Gasteiger partial charge is 0.177 e. The van der Waals surface area contributed by atoms with Gasteiger partial charge in [0.1, 0.15) is 6.61 Å². The van der Waals surface area contributed by atoms with Crippen molar-refractivity contribution in [3.8, 4) is 0 Å². The van der Waals surface area contributed by atoms with Crippen LogP contribution in [-0.2, 0) is 9.53 Å². The van der Waals surface area contributed by atoms with Crippen LogP contribution in [0.2, 0.25) is 0 Å². The zero-order valence-corrected chi connectivity index (χ0v) is 5.11. The summed E-state index contributed by atoms with van der Waals surface area (Å²) in [6.45, 7) is 0.611. The topological polar surface area (TPSA) is 52.3 Å². The highest BCUT2D eigenvalue weighted by molar-refractivity contribution is 5.86. The Hall–Kier alpha value is -0.120. The highest BCUT2D eigenvalue weighted by Gasteiger charge is 2.19. The van der Waals surface area contributed by atoms with E-state index in [1.807, 2.05) is 0 Å². The van der Waals surface area contributed by atoms with Crippen LogP contribution < -0.4 is 5.73 Å². The first-order valence-electron chi connectivity index (χ1n) is 2.17. The lowest BCUT2D eigenvalue weighted by molar-refractivity contribution is -0.118. The van der Waals surface area contributed by atoms with E-state index in [2.05, 4.69) is 0 Å². The van der Waals surface area contributed by atoms with Gasteiger partial charge in [0.25, 0.3) is 0 Å². The van der Waals surface area contributed by atoms with Gasteiger partial charge in [0, 0.05) is 0 Å². The summed E-state index contributed by atoms with van der Waals surface area (Å²) >= 11 is 0. The second-order valence-corrected chi connectivity index (χ2v) is 1.59. The van der Waals surface area contributed by atoms with Gasteiger partial charge in [0.15, 0.2) is 5.78 Å². The summed E-state index contributed by atoms with van der Waals surface area (Å²) < 4.78 is 4.69. The van der Waals surface area contributed by atoms with Crippen LogP contribution in [0, 0.1) is 0 Å². The predicted molar refractivity (Wildman–Crippen MR) is 31.0 cm³/mol. The van der Waals surface area contributed by atoms with E-state index in [1.54, 1.807) is 0 Å². The average Bonchev–Trinajstić information content (AvgIpc) is 1.91. The van der Waals surface area contributed by atoms with Crippen molar-refractivity contribution in [2.45, 2.75) is 6.04 Å². The molecule has 1 aliphatic rings. The third-order valence-corrected chi connectivity index (χ3v) is 0.955. The van der Waals surface area contributed by atoms with Crippen molar-refractivity contribution in [3.63, 3.8) is 0 Å². The Morgan fingerprint density at radius 2 is 2.38 bits per heavy atom. The van der Waals surface area contributed by atoms with Crippen LogP contribution in [0.5, 0.6) is 0 Å². The zero-order valence-electron chi connectivity index (χ0n) is 4.29. The maximum absolute atomic E-state index is 10.3. The SMILES string of the molecule is Cl.NC1COCC1=O. The number of carbonyl (C=O) groups is 1. The van der Waals surface area contributed by atoms with Gasteiger partial charge >= 0.3 is 0 Å². The first kappa shape index (κ1) is 7.88. The molecule has 4 heteroatoms. The molecule has 1 aliphatic heterocycles. The number of hydrogen-bond acceptors (Lipinski definition) is 3. The van der Waals surface area contributed by atoms with Crippen molar-refractivity contribution in [2.24, 2.45) is 5.73 Å². The van der Waals surface area contributed by atoms with Crippen LogP contribution in [0.1, 0.15) is 0 Å². The number of carbonyl (C=O) groups excluding carboxylic acids is 1. The standard InChI is InChI=1S/C4H7NO2.ClH/c5-3-1-7-2-4(3)6;/h3H,1-2,5H2;1H. The van der Waals surface area contributed by atoms with Crippen LogP contribution in [0.25, 0.3) is 0 Å². The van der Waals surface area contributed by atoms with Crippen molar-refractivity contribution in [3.05, 3.63) is 0 Å². The van der Waals surface area contributed by atoms with Crippen molar-refractivity contribution < 1.29 is 9.53 Å². The van der Waals surface area contributed by atoms with Crippen molar-refractivity contribution >= 4 is 18.2 Å². The predicted octanol–water partition coefficient (Wildman–Crippen LogP) is -0.665. The zero-order chi connectivity index (χ0) is 5.28. The summed E-state index contributed by atoms with van der Waals surface area (Å²) in [5.41, 5.74) is 5.20. The van der Waals surface area contributed by atoms with Crippen LogP contribution >= 0.6 is 12.4 Å². The van der Waals surface area contributed by atoms with E-state index in [9.17, 15) is 4.79 Å². The molecule has 1 rings (SSSR count). The van der Waals surface area contributed by atoms with E-state index >= 15 is 0 Å². The van der Waals surface area contributed by atoms with Crippen LogP contribution in [0.4, 0.5) is 0 Å². The van der Waals surface area contributed by atoms with E-state index in [-0.39, 0.29) is 30.8 Å². The summed E-state index contributed by atoms with van der Waals surface area (Å²) in [6.07, 6.45) is 0. The quantitative estimate of drug-likeness (QED) is 0.482. The number of hydrogen-bond donors (Lipinski definition) is 1. The fraction of sp³-hybridized carbons (Fsp3) is 0.750. The minimum absolute atomic E-state index is 0. The fourth-order valence-corrected chi connectivity index (χ4v) is 0.486. The third kappa shape index (κ3) is 1.43. The molecule has 0 amide bonds. The number of ether oxygens (including phenoxy) is 1. The fourth-order valence-electron chi connectivity index (χ4n) is 0.486. The molecule has 0 aromatic heterocycles.